The Kier molecular flexibility index (Phi) is 3.01. The van der Waals surface area contributed by atoms with Crippen molar-refractivity contribution in [1.29, 1.82) is 5.26 Å². The maximum atomic E-state index is 8.92. The van der Waals surface area contributed by atoms with Crippen molar-refractivity contribution in [1.82, 2.24) is 9.97 Å². The summed E-state index contributed by atoms with van der Waals surface area (Å²) in [4.78, 5) is 8.07. The van der Waals surface area contributed by atoms with Crippen molar-refractivity contribution in [3.05, 3.63) is 47.4 Å². The second-order valence-corrected chi connectivity index (χ2v) is 3.81. The fourth-order valence-electron chi connectivity index (χ4n) is 1.59. The molecule has 0 aliphatic heterocycles. The van der Waals surface area contributed by atoms with Crippen LogP contribution >= 0.6 is 0 Å². The number of aryl methyl sites for hydroxylation is 2. The highest BCUT2D eigenvalue weighted by Crippen LogP contribution is 2.21. The molecule has 4 heteroatoms. The van der Waals surface area contributed by atoms with Gasteiger partial charge in [-0.05, 0) is 25.5 Å². The summed E-state index contributed by atoms with van der Waals surface area (Å²) in [5.41, 5.74) is 3.55. The van der Waals surface area contributed by atoms with Gasteiger partial charge < -0.3 is 5.32 Å². The summed E-state index contributed by atoms with van der Waals surface area (Å²) in [5, 5.41) is 12.0. The molecule has 0 aliphatic carbocycles. The first-order valence-electron chi connectivity index (χ1n) is 5.26. The van der Waals surface area contributed by atoms with Crippen molar-refractivity contribution in [2.45, 2.75) is 13.8 Å². The molecule has 0 unspecified atom stereocenters. The molecule has 0 fully saturated rings. The predicted molar refractivity (Wildman–Crippen MR) is 65.9 cm³/mol. The van der Waals surface area contributed by atoms with E-state index in [2.05, 4.69) is 21.4 Å². The van der Waals surface area contributed by atoms with Crippen LogP contribution in [0.3, 0.4) is 0 Å². The smallest absolute Gasteiger partial charge is 0.183 e. The van der Waals surface area contributed by atoms with Crippen molar-refractivity contribution >= 4 is 11.5 Å². The highest BCUT2D eigenvalue weighted by atomic mass is 15.0. The monoisotopic (exact) mass is 224 g/mol. The maximum absolute atomic E-state index is 8.92. The van der Waals surface area contributed by atoms with Gasteiger partial charge in [0.15, 0.2) is 11.5 Å². The number of nitrogens with zero attached hydrogens (tertiary/aromatic N) is 3. The number of nitriles is 1. The lowest BCUT2D eigenvalue weighted by atomic mass is 10.1. The lowest BCUT2D eigenvalue weighted by molar-refractivity contribution is 1.16. The van der Waals surface area contributed by atoms with Crippen LogP contribution in [0.15, 0.2) is 30.6 Å². The Morgan fingerprint density at radius 2 is 1.94 bits per heavy atom. The van der Waals surface area contributed by atoms with Crippen LogP contribution in [0.4, 0.5) is 11.5 Å². The van der Waals surface area contributed by atoms with Gasteiger partial charge in [-0.1, -0.05) is 17.7 Å². The molecule has 0 spiro atoms. The number of benzene rings is 1. The third kappa shape index (κ3) is 2.40. The average molecular weight is 224 g/mol. The zero-order valence-corrected chi connectivity index (χ0v) is 9.73. The van der Waals surface area contributed by atoms with E-state index in [0.717, 1.165) is 11.3 Å². The number of aromatic nitrogens is 2. The number of hydrogen-bond acceptors (Lipinski definition) is 4. The van der Waals surface area contributed by atoms with Gasteiger partial charge in [-0.2, -0.15) is 5.26 Å². The van der Waals surface area contributed by atoms with Crippen LogP contribution in [0.1, 0.15) is 16.8 Å². The summed E-state index contributed by atoms with van der Waals surface area (Å²) in [6, 6.07) is 8.07. The lowest BCUT2D eigenvalue weighted by Gasteiger charge is -2.09. The van der Waals surface area contributed by atoms with Crippen molar-refractivity contribution in [3.63, 3.8) is 0 Å². The van der Waals surface area contributed by atoms with Crippen molar-refractivity contribution in [2.24, 2.45) is 0 Å². The molecule has 1 aromatic heterocycles. The molecule has 0 atom stereocenters. The fourth-order valence-corrected chi connectivity index (χ4v) is 1.59. The van der Waals surface area contributed by atoms with Gasteiger partial charge in [0, 0.05) is 18.1 Å². The van der Waals surface area contributed by atoms with Gasteiger partial charge >= 0.3 is 0 Å². The Hall–Kier alpha value is -2.41. The highest BCUT2D eigenvalue weighted by Gasteiger charge is 2.05. The molecule has 0 saturated carbocycles. The van der Waals surface area contributed by atoms with E-state index in [9.17, 15) is 0 Å². The molecule has 17 heavy (non-hydrogen) atoms. The lowest BCUT2D eigenvalue weighted by Crippen LogP contribution is -2.00. The van der Waals surface area contributed by atoms with E-state index < -0.39 is 0 Å². The van der Waals surface area contributed by atoms with Gasteiger partial charge in [-0.25, -0.2) is 9.97 Å². The molecule has 1 N–H and O–H groups in total. The summed E-state index contributed by atoms with van der Waals surface area (Å²) in [5.74, 6) is 0.488. The van der Waals surface area contributed by atoms with Gasteiger partial charge in [0.05, 0.1) is 0 Å². The molecule has 4 nitrogen and oxygen atoms in total. The van der Waals surface area contributed by atoms with Crippen LogP contribution in [-0.4, -0.2) is 9.97 Å². The molecule has 2 rings (SSSR count). The number of nitrogens with one attached hydrogen (secondary N) is 1. The Morgan fingerprint density at radius 1 is 1.18 bits per heavy atom. The highest BCUT2D eigenvalue weighted by molar-refractivity contribution is 5.63. The molecule has 1 aromatic carbocycles. The summed E-state index contributed by atoms with van der Waals surface area (Å²) in [6.07, 6.45) is 3.07. The molecule has 84 valence electrons. The fraction of sp³-hybridized carbons (Fsp3) is 0.154. The Labute approximate surface area is 100.0 Å². The van der Waals surface area contributed by atoms with Crippen molar-refractivity contribution in [3.8, 4) is 6.07 Å². The van der Waals surface area contributed by atoms with E-state index in [4.69, 9.17) is 5.26 Å². The molecule has 2 aromatic rings. The predicted octanol–water partition coefficient (Wildman–Crippen LogP) is 2.71. The molecule has 0 bridgehead atoms. The summed E-state index contributed by atoms with van der Waals surface area (Å²) >= 11 is 0. The molecule has 0 aliphatic rings. The molecular formula is C13H12N4. The quantitative estimate of drug-likeness (QED) is 0.851. The molecule has 0 amide bonds. The maximum Gasteiger partial charge on any atom is 0.183 e. The standard InChI is InChI=1S/C13H12N4/c1-9-3-4-11(10(2)7-9)17-13-12(8-14)15-5-6-16-13/h3-7H,1-2H3,(H,16,17). The topological polar surface area (TPSA) is 61.6 Å². The molecular weight excluding hydrogens is 212 g/mol. The first kappa shape index (κ1) is 11.1. The van der Waals surface area contributed by atoms with E-state index in [1.165, 1.54) is 11.8 Å². The number of hydrogen-bond donors (Lipinski definition) is 1. The van der Waals surface area contributed by atoms with Gasteiger partial charge in [0.25, 0.3) is 0 Å². The molecule has 1 heterocycles. The van der Waals surface area contributed by atoms with Crippen LogP contribution in [0.5, 0.6) is 0 Å². The minimum absolute atomic E-state index is 0.299. The first-order chi connectivity index (χ1) is 8.20. The largest absolute Gasteiger partial charge is 0.338 e. The first-order valence-corrected chi connectivity index (χ1v) is 5.26. The van der Waals surface area contributed by atoms with E-state index >= 15 is 0 Å². The normalized spacial score (nSPS) is 9.71. The second kappa shape index (κ2) is 4.62. The molecule has 0 radical (unpaired) electrons. The van der Waals surface area contributed by atoms with Gasteiger partial charge in [0.2, 0.25) is 0 Å². The van der Waals surface area contributed by atoms with Crippen molar-refractivity contribution in [2.75, 3.05) is 5.32 Å². The van der Waals surface area contributed by atoms with E-state index in [0.29, 0.717) is 11.5 Å². The van der Waals surface area contributed by atoms with E-state index in [1.807, 2.05) is 32.0 Å². The van der Waals surface area contributed by atoms with Gasteiger partial charge in [0.1, 0.15) is 6.07 Å². The van der Waals surface area contributed by atoms with Gasteiger partial charge in [-0.15, -0.1) is 0 Å². The van der Waals surface area contributed by atoms with Crippen LogP contribution < -0.4 is 5.32 Å². The second-order valence-electron chi connectivity index (χ2n) is 3.81. The van der Waals surface area contributed by atoms with Crippen molar-refractivity contribution < 1.29 is 0 Å². The minimum atomic E-state index is 0.299. The number of rotatable bonds is 2. The van der Waals surface area contributed by atoms with Crippen LogP contribution in [-0.2, 0) is 0 Å². The van der Waals surface area contributed by atoms with Crippen LogP contribution in [0.2, 0.25) is 0 Å². The minimum Gasteiger partial charge on any atom is -0.338 e. The zero-order valence-electron chi connectivity index (χ0n) is 9.73. The summed E-state index contributed by atoms with van der Waals surface area (Å²) in [6.45, 7) is 4.05. The third-order valence-electron chi connectivity index (χ3n) is 2.44. The Bertz CT molecular complexity index is 584. The van der Waals surface area contributed by atoms with Crippen LogP contribution in [0, 0.1) is 25.2 Å². The zero-order chi connectivity index (χ0) is 12.3. The molecule has 0 saturated heterocycles. The average Bonchev–Trinajstić information content (AvgIpc) is 2.33. The summed E-state index contributed by atoms with van der Waals surface area (Å²) < 4.78 is 0. The third-order valence-corrected chi connectivity index (χ3v) is 2.44. The van der Waals surface area contributed by atoms with E-state index in [1.54, 1.807) is 6.20 Å². The van der Waals surface area contributed by atoms with Crippen LogP contribution in [0.25, 0.3) is 0 Å². The number of anilines is 2. The van der Waals surface area contributed by atoms with Gasteiger partial charge in [-0.3, -0.25) is 0 Å². The Morgan fingerprint density at radius 3 is 2.65 bits per heavy atom. The Balaban J connectivity index is 2.35. The SMILES string of the molecule is Cc1ccc(Nc2nccnc2C#N)c(C)c1. The van der Waals surface area contributed by atoms with E-state index in [-0.39, 0.29) is 0 Å². The summed E-state index contributed by atoms with van der Waals surface area (Å²) in [7, 11) is 0.